The SMILES string of the molecule is CCCCNC(=O)C(Cc1ccccc1)N(Cc1ccc(Cl)cc1)C(=O)COc1ccc(Br)cc1. The highest BCUT2D eigenvalue weighted by Gasteiger charge is 2.30. The van der Waals surface area contributed by atoms with E-state index >= 15 is 0 Å². The third-order valence-electron chi connectivity index (χ3n) is 5.54. The molecule has 0 bridgehead atoms. The van der Waals surface area contributed by atoms with Gasteiger partial charge in [0.15, 0.2) is 6.61 Å². The summed E-state index contributed by atoms with van der Waals surface area (Å²) in [5.41, 5.74) is 1.86. The van der Waals surface area contributed by atoms with Gasteiger partial charge in [-0.2, -0.15) is 0 Å². The van der Waals surface area contributed by atoms with E-state index in [4.69, 9.17) is 16.3 Å². The van der Waals surface area contributed by atoms with Gasteiger partial charge in [-0.1, -0.05) is 83.3 Å². The van der Waals surface area contributed by atoms with Crippen LogP contribution < -0.4 is 10.1 Å². The summed E-state index contributed by atoms with van der Waals surface area (Å²) in [4.78, 5) is 28.5. The normalized spacial score (nSPS) is 11.5. The molecule has 3 aromatic rings. The standard InChI is InChI=1S/C28H30BrClN2O3/c1-2-3-17-31-28(34)26(18-21-7-5-4-6-8-21)32(19-22-9-13-24(30)14-10-22)27(33)20-35-25-15-11-23(29)12-16-25/h4-16,26H,2-3,17-20H2,1H3,(H,31,34). The maximum atomic E-state index is 13.5. The summed E-state index contributed by atoms with van der Waals surface area (Å²) >= 11 is 9.46. The second kappa shape index (κ2) is 13.9. The van der Waals surface area contributed by atoms with Crippen molar-refractivity contribution in [2.45, 2.75) is 38.8 Å². The van der Waals surface area contributed by atoms with E-state index in [1.807, 2.05) is 54.6 Å². The van der Waals surface area contributed by atoms with E-state index in [0.717, 1.165) is 28.4 Å². The van der Waals surface area contributed by atoms with Gasteiger partial charge in [-0.25, -0.2) is 0 Å². The lowest BCUT2D eigenvalue weighted by Crippen LogP contribution is -2.51. The Hall–Kier alpha value is -2.83. The van der Waals surface area contributed by atoms with Crippen molar-refractivity contribution in [3.05, 3.63) is 99.5 Å². The van der Waals surface area contributed by atoms with Crippen LogP contribution in [0.4, 0.5) is 0 Å². The fraction of sp³-hybridized carbons (Fsp3) is 0.286. The first-order valence-corrected chi connectivity index (χ1v) is 12.9. The molecule has 184 valence electrons. The monoisotopic (exact) mass is 556 g/mol. The number of rotatable bonds is 12. The molecule has 0 fully saturated rings. The molecule has 2 amide bonds. The van der Waals surface area contributed by atoms with Crippen molar-refractivity contribution < 1.29 is 14.3 Å². The average Bonchev–Trinajstić information content (AvgIpc) is 2.87. The highest BCUT2D eigenvalue weighted by atomic mass is 79.9. The van der Waals surface area contributed by atoms with Crippen molar-refractivity contribution in [2.75, 3.05) is 13.2 Å². The molecule has 1 atom stereocenters. The Morgan fingerprint density at radius 1 is 0.971 bits per heavy atom. The second-order valence-electron chi connectivity index (χ2n) is 8.24. The number of carbonyl (C=O) groups is 2. The van der Waals surface area contributed by atoms with E-state index in [0.29, 0.717) is 23.7 Å². The van der Waals surface area contributed by atoms with Gasteiger partial charge in [0.2, 0.25) is 5.91 Å². The zero-order chi connectivity index (χ0) is 25.0. The van der Waals surface area contributed by atoms with Crippen LogP contribution in [0.15, 0.2) is 83.3 Å². The average molecular weight is 558 g/mol. The van der Waals surface area contributed by atoms with Crippen molar-refractivity contribution in [2.24, 2.45) is 0 Å². The van der Waals surface area contributed by atoms with Crippen LogP contribution in [0.1, 0.15) is 30.9 Å². The van der Waals surface area contributed by atoms with Gasteiger partial charge in [0.05, 0.1) is 0 Å². The molecule has 1 unspecified atom stereocenters. The maximum absolute atomic E-state index is 13.5. The number of hydrogen-bond donors (Lipinski definition) is 1. The second-order valence-corrected chi connectivity index (χ2v) is 9.59. The van der Waals surface area contributed by atoms with Gasteiger partial charge < -0.3 is 15.0 Å². The molecular formula is C28H30BrClN2O3. The quantitative estimate of drug-likeness (QED) is 0.276. The van der Waals surface area contributed by atoms with Gasteiger partial charge in [0.1, 0.15) is 11.8 Å². The molecule has 1 N–H and O–H groups in total. The Kier molecular flexibility index (Phi) is 10.6. The predicted octanol–water partition coefficient (Wildman–Crippen LogP) is 6.04. The van der Waals surface area contributed by atoms with E-state index in [9.17, 15) is 9.59 Å². The topological polar surface area (TPSA) is 58.6 Å². The number of nitrogens with zero attached hydrogens (tertiary/aromatic N) is 1. The van der Waals surface area contributed by atoms with E-state index in [-0.39, 0.29) is 25.0 Å². The molecule has 0 heterocycles. The van der Waals surface area contributed by atoms with Crippen molar-refractivity contribution >= 4 is 39.3 Å². The first-order chi connectivity index (χ1) is 17.0. The lowest BCUT2D eigenvalue weighted by Gasteiger charge is -2.31. The first kappa shape index (κ1) is 26.8. The first-order valence-electron chi connectivity index (χ1n) is 11.7. The molecule has 5 nitrogen and oxygen atoms in total. The molecule has 35 heavy (non-hydrogen) atoms. The Morgan fingerprint density at radius 3 is 2.31 bits per heavy atom. The highest BCUT2D eigenvalue weighted by Crippen LogP contribution is 2.19. The zero-order valence-electron chi connectivity index (χ0n) is 19.8. The molecule has 3 aromatic carbocycles. The summed E-state index contributed by atoms with van der Waals surface area (Å²) in [6, 6.07) is 23.6. The van der Waals surface area contributed by atoms with Gasteiger partial charge >= 0.3 is 0 Å². The Bertz CT molecular complexity index is 1080. The van der Waals surface area contributed by atoms with Gasteiger partial charge in [0, 0.05) is 29.0 Å². The number of ether oxygens (including phenoxy) is 1. The predicted molar refractivity (Wildman–Crippen MR) is 143 cm³/mol. The van der Waals surface area contributed by atoms with E-state index in [2.05, 4.69) is 28.2 Å². The summed E-state index contributed by atoms with van der Waals surface area (Å²) in [7, 11) is 0. The Labute approximate surface area is 220 Å². The minimum absolute atomic E-state index is 0.173. The summed E-state index contributed by atoms with van der Waals surface area (Å²) in [6.45, 7) is 2.73. The lowest BCUT2D eigenvalue weighted by atomic mass is 10.0. The van der Waals surface area contributed by atoms with Crippen molar-refractivity contribution in [1.82, 2.24) is 10.2 Å². The molecule has 0 aliphatic heterocycles. The summed E-state index contributed by atoms with van der Waals surface area (Å²) < 4.78 is 6.70. The van der Waals surface area contributed by atoms with Crippen LogP contribution in [-0.2, 0) is 22.6 Å². The van der Waals surface area contributed by atoms with Crippen molar-refractivity contribution in [3.8, 4) is 5.75 Å². The zero-order valence-corrected chi connectivity index (χ0v) is 22.1. The van der Waals surface area contributed by atoms with Gasteiger partial charge in [-0.15, -0.1) is 0 Å². The summed E-state index contributed by atoms with van der Waals surface area (Å²) in [6.07, 6.45) is 2.25. The maximum Gasteiger partial charge on any atom is 0.261 e. The lowest BCUT2D eigenvalue weighted by molar-refractivity contribution is -0.142. The van der Waals surface area contributed by atoms with Crippen LogP contribution in [0.3, 0.4) is 0 Å². The molecule has 0 aliphatic rings. The number of amides is 2. The molecule has 7 heteroatoms. The molecule has 0 aliphatic carbocycles. The van der Waals surface area contributed by atoms with Gasteiger partial charge in [-0.05, 0) is 53.9 Å². The summed E-state index contributed by atoms with van der Waals surface area (Å²) in [5, 5.41) is 3.63. The third kappa shape index (κ3) is 8.71. The number of unbranched alkanes of at least 4 members (excludes halogenated alkanes) is 1. The Morgan fingerprint density at radius 2 is 1.66 bits per heavy atom. The molecular weight excluding hydrogens is 528 g/mol. The third-order valence-corrected chi connectivity index (χ3v) is 6.32. The van der Waals surface area contributed by atoms with Crippen molar-refractivity contribution in [3.63, 3.8) is 0 Å². The molecule has 0 saturated heterocycles. The number of halogens is 2. The Balaban J connectivity index is 1.86. The summed E-state index contributed by atoms with van der Waals surface area (Å²) in [5.74, 6) is 0.141. The molecule has 3 rings (SSSR count). The van der Waals surface area contributed by atoms with Crippen LogP contribution in [-0.4, -0.2) is 35.9 Å². The van der Waals surface area contributed by atoms with E-state index < -0.39 is 6.04 Å². The minimum Gasteiger partial charge on any atom is -0.484 e. The molecule has 0 saturated carbocycles. The number of benzene rings is 3. The fourth-order valence-electron chi connectivity index (χ4n) is 3.61. The van der Waals surface area contributed by atoms with Crippen LogP contribution >= 0.6 is 27.5 Å². The largest absolute Gasteiger partial charge is 0.484 e. The molecule has 0 radical (unpaired) electrons. The smallest absolute Gasteiger partial charge is 0.261 e. The minimum atomic E-state index is -0.689. The van der Waals surface area contributed by atoms with Crippen LogP contribution in [0.25, 0.3) is 0 Å². The molecule has 0 aromatic heterocycles. The van der Waals surface area contributed by atoms with Crippen molar-refractivity contribution in [1.29, 1.82) is 0 Å². The van der Waals surface area contributed by atoms with E-state index in [1.165, 1.54) is 0 Å². The van der Waals surface area contributed by atoms with Gasteiger partial charge in [0.25, 0.3) is 5.91 Å². The highest BCUT2D eigenvalue weighted by molar-refractivity contribution is 9.10. The number of hydrogen-bond acceptors (Lipinski definition) is 3. The van der Waals surface area contributed by atoms with Crippen LogP contribution in [0.5, 0.6) is 5.75 Å². The molecule has 0 spiro atoms. The number of nitrogens with one attached hydrogen (secondary N) is 1. The van der Waals surface area contributed by atoms with Crippen LogP contribution in [0.2, 0.25) is 5.02 Å². The fourth-order valence-corrected chi connectivity index (χ4v) is 4.00. The van der Waals surface area contributed by atoms with E-state index in [1.54, 1.807) is 29.2 Å². The number of carbonyl (C=O) groups excluding carboxylic acids is 2. The van der Waals surface area contributed by atoms with Gasteiger partial charge in [-0.3, -0.25) is 9.59 Å². The van der Waals surface area contributed by atoms with Crippen LogP contribution in [0, 0.1) is 0 Å².